The van der Waals surface area contributed by atoms with Crippen molar-refractivity contribution in [2.75, 3.05) is 13.7 Å². The number of halogens is 1. The van der Waals surface area contributed by atoms with Crippen LogP contribution in [-0.4, -0.2) is 30.4 Å². The first-order valence-electron chi connectivity index (χ1n) is 9.44. The van der Waals surface area contributed by atoms with Crippen LogP contribution in [0.5, 0.6) is 5.75 Å². The summed E-state index contributed by atoms with van der Waals surface area (Å²) in [5.41, 5.74) is 1.94. The van der Waals surface area contributed by atoms with Crippen LogP contribution in [0, 0.1) is 0 Å². The van der Waals surface area contributed by atoms with Crippen LogP contribution in [0.15, 0.2) is 48.5 Å². The Morgan fingerprint density at radius 3 is 2.68 bits per heavy atom. The molecule has 2 amide bonds. The predicted octanol–water partition coefficient (Wildman–Crippen LogP) is 4.28. The summed E-state index contributed by atoms with van der Waals surface area (Å²) in [6, 6.07) is 14.8. The van der Waals surface area contributed by atoms with Crippen molar-refractivity contribution in [2.45, 2.75) is 38.3 Å². The second-order valence-electron chi connectivity index (χ2n) is 7.03. The molecule has 148 valence electrons. The minimum atomic E-state index is -0.381. The van der Waals surface area contributed by atoms with Crippen LogP contribution in [0.3, 0.4) is 0 Å². The van der Waals surface area contributed by atoms with E-state index in [1.54, 1.807) is 19.2 Å². The van der Waals surface area contributed by atoms with Gasteiger partial charge in [-0.3, -0.25) is 9.59 Å². The van der Waals surface area contributed by atoms with Gasteiger partial charge in [-0.2, -0.15) is 0 Å². The molecule has 2 aromatic carbocycles. The van der Waals surface area contributed by atoms with Gasteiger partial charge in [-0.1, -0.05) is 35.9 Å². The van der Waals surface area contributed by atoms with E-state index in [0.717, 1.165) is 29.7 Å². The lowest BCUT2D eigenvalue weighted by Crippen LogP contribution is -2.35. The monoisotopic (exact) mass is 400 g/mol. The molecule has 1 N–H and O–H groups in total. The van der Waals surface area contributed by atoms with Crippen molar-refractivity contribution < 1.29 is 14.3 Å². The molecule has 0 spiro atoms. The Labute approximate surface area is 170 Å². The number of nitrogens with one attached hydrogen (secondary N) is 1. The van der Waals surface area contributed by atoms with E-state index >= 15 is 0 Å². The van der Waals surface area contributed by atoms with Gasteiger partial charge in [-0.05, 0) is 48.2 Å². The van der Waals surface area contributed by atoms with Crippen LogP contribution >= 0.6 is 11.6 Å². The summed E-state index contributed by atoms with van der Waals surface area (Å²) in [6.07, 6.45) is 2.09. The van der Waals surface area contributed by atoms with Crippen LogP contribution < -0.4 is 10.1 Å². The van der Waals surface area contributed by atoms with E-state index in [2.05, 4.69) is 5.32 Å². The lowest BCUT2D eigenvalue weighted by molar-refractivity contribution is -0.133. The summed E-state index contributed by atoms with van der Waals surface area (Å²) < 4.78 is 5.32. The quantitative estimate of drug-likeness (QED) is 0.787. The lowest BCUT2D eigenvalue weighted by Gasteiger charge is -2.28. The molecule has 2 atom stereocenters. The molecule has 1 aliphatic rings. The highest BCUT2D eigenvalue weighted by molar-refractivity contribution is 6.30. The zero-order valence-corrected chi connectivity index (χ0v) is 16.9. The van der Waals surface area contributed by atoms with Crippen molar-refractivity contribution in [2.24, 2.45) is 0 Å². The third kappa shape index (κ3) is 4.84. The van der Waals surface area contributed by atoms with Gasteiger partial charge in [-0.15, -0.1) is 0 Å². The number of amides is 2. The fourth-order valence-corrected chi connectivity index (χ4v) is 3.87. The van der Waals surface area contributed by atoms with Gasteiger partial charge in [0.15, 0.2) is 0 Å². The second-order valence-corrected chi connectivity index (χ2v) is 7.47. The smallest absolute Gasteiger partial charge is 0.225 e. The van der Waals surface area contributed by atoms with Gasteiger partial charge in [0.2, 0.25) is 11.8 Å². The first kappa shape index (κ1) is 20.2. The zero-order valence-electron chi connectivity index (χ0n) is 16.2. The van der Waals surface area contributed by atoms with E-state index in [0.29, 0.717) is 11.6 Å². The topological polar surface area (TPSA) is 58.6 Å². The Hall–Kier alpha value is -2.53. The number of rotatable bonds is 6. The number of likely N-dealkylation sites (tertiary alicyclic amines) is 1. The van der Waals surface area contributed by atoms with Gasteiger partial charge in [-0.25, -0.2) is 0 Å². The van der Waals surface area contributed by atoms with Crippen LogP contribution in [0.1, 0.15) is 49.4 Å². The molecule has 1 fully saturated rings. The average molecular weight is 401 g/mol. The van der Waals surface area contributed by atoms with E-state index in [4.69, 9.17) is 16.3 Å². The highest BCUT2D eigenvalue weighted by Gasteiger charge is 2.31. The lowest BCUT2D eigenvalue weighted by atomic mass is 10.0. The molecule has 6 heteroatoms. The number of nitrogens with zero attached hydrogens (tertiary/aromatic N) is 1. The van der Waals surface area contributed by atoms with Crippen molar-refractivity contribution in [1.82, 2.24) is 10.2 Å². The SMILES string of the molecule is COc1cccc(C2CCCN2C(=O)CC(NC(C)=O)c2ccc(Cl)cc2)c1. The summed E-state index contributed by atoms with van der Waals surface area (Å²) in [7, 11) is 1.64. The molecule has 0 saturated carbocycles. The highest BCUT2D eigenvalue weighted by atomic mass is 35.5. The van der Waals surface area contributed by atoms with Gasteiger partial charge in [0.05, 0.1) is 25.6 Å². The van der Waals surface area contributed by atoms with Crippen molar-refractivity contribution >= 4 is 23.4 Å². The molecule has 3 rings (SSSR count). The largest absolute Gasteiger partial charge is 0.497 e. The number of methoxy groups -OCH3 is 1. The van der Waals surface area contributed by atoms with Crippen molar-refractivity contribution in [3.8, 4) is 5.75 Å². The van der Waals surface area contributed by atoms with Gasteiger partial charge >= 0.3 is 0 Å². The second kappa shape index (κ2) is 9.11. The Morgan fingerprint density at radius 2 is 2.00 bits per heavy atom. The summed E-state index contributed by atoms with van der Waals surface area (Å²) in [4.78, 5) is 26.7. The molecule has 28 heavy (non-hydrogen) atoms. The zero-order chi connectivity index (χ0) is 20.1. The van der Waals surface area contributed by atoms with Gasteiger partial charge < -0.3 is 15.0 Å². The highest BCUT2D eigenvalue weighted by Crippen LogP contribution is 2.35. The molecule has 0 aromatic heterocycles. The first-order valence-corrected chi connectivity index (χ1v) is 9.81. The summed E-state index contributed by atoms with van der Waals surface area (Å²) in [5.74, 6) is 0.645. The van der Waals surface area contributed by atoms with Crippen LogP contribution in [-0.2, 0) is 9.59 Å². The molecule has 2 aromatic rings. The molecule has 0 radical (unpaired) electrons. The number of carbonyl (C=O) groups is 2. The van der Waals surface area contributed by atoms with Crippen LogP contribution in [0.2, 0.25) is 5.02 Å². The predicted molar refractivity (Wildman–Crippen MR) is 109 cm³/mol. The normalized spacial score (nSPS) is 17.2. The number of hydrogen-bond acceptors (Lipinski definition) is 3. The third-order valence-corrected chi connectivity index (χ3v) is 5.33. The van der Waals surface area contributed by atoms with E-state index in [1.165, 1.54) is 6.92 Å². The summed E-state index contributed by atoms with van der Waals surface area (Å²) in [5, 5.41) is 3.51. The van der Waals surface area contributed by atoms with Gasteiger partial charge in [0, 0.05) is 18.5 Å². The molecule has 2 unspecified atom stereocenters. The minimum absolute atomic E-state index is 0.0269. The standard InChI is InChI=1S/C22H25ClN2O3/c1-15(26)24-20(16-8-10-18(23)11-9-16)14-22(27)25-12-4-7-21(25)17-5-3-6-19(13-17)28-2/h3,5-6,8-11,13,20-21H,4,7,12,14H2,1-2H3,(H,24,26). The van der Waals surface area contributed by atoms with E-state index < -0.39 is 0 Å². The van der Waals surface area contributed by atoms with Crippen molar-refractivity contribution in [3.05, 3.63) is 64.7 Å². The molecule has 1 saturated heterocycles. The molecular weight excluding hydrogens is 376 g/mol. The fourth-order valence-electron chi connectivity index (χ4n) is 3.75. The van der Waals surface area contributed by atoms with Gasteiger partial charge in [0.25, 0.3) is 0 Å². The summed E-state index contributed by atoms with van der Waals surface area (Å²) >= 11 is 5.97. The molecule has 1 aliphatic heterocycles. The van der Waals surface area contributed by atoms with Crippen molar-refractivity contribution in [1.29, 1.82) is 0 Å². The Morgan fingerprint density at radius 1 is 1.25 bits per heavy atom. The number of hydrogen-bond donors (Lipinski definition) is 1. The van der Waals surface area contributed by atoms with E-state index in [1.807, 2.05) is 41.3 Å². The average Bonchev–Trinajstić information content (AvgIpc) is 3.18. The number of carbonyl (C=O) groups excluding carboxylic acids is 2. The Bertz CT molecular complexity index is 838. The van der Waals surface area contributed by atoms with Crippen LogP contribution in [0.25, 0.3) is 0 Å². The molecule has 5 nitrogen and oxygen atoms in total. The van der Waals surface area contributed by atoms with E-state index in [-0.39, 0.29) is 30.3 Å². The Kier molecular flexibility index (Phi) is 6.57. The van der Waals surface area contributed by atoms with Gasteiger partial charge in [0.1, 0.15) is 5.75 Å². The third-order valence-electron chi connectivity index (χ3n) is 5.08. The van der Waals surface area contributed by atoms with Crippen LogP contribution in [0.4, 0.5) is 0 Å². The van der Waals surface area contributed by atoms with E-state index in [9.17, 15) is 9.59 Å². The maximum absolute atomic E-state index is 13.1. The molecule has 1 heterocycles. The fraction of sp³-hybridized carbons (Fsp3) is 0.364. The first-order chi connectivity index (χ1) is 13.5. The number of ether oxygens (including phenoxy) is 1. The minimum Gasteiger partial charge on any atom is -0.497 e. The molecular formula is C22H25ClN2O3. The summed E-state index contributed by atoms with van der Waals surface area (Å²) in [6.45, 7) is 2.18. The maximum atomic E-state index is 13.1. The number of benzene rings is 2. The maximum Gasteiger partial charge on any atom is 0.225 e. The van der Waals surface area contributed by atoms with Crippen molar-refractivity contribution in [3.63, 3.8) is 0 Å². The molecule has 0 bridgehead atoms. The Balaban J connectivity index is 1.78. The molecule has 0 aliphatic carbocycles.